The van der Waals surface area contributed by atoms with Gasteiger partial charge in [0.25, 0.3) is 0 Å². The number of piperazine rings is 1. The highest BCUT2D eigenvalue weighted by atomic mass is 19.4. The number of aromatic nitrogens is 1. The summed E-state index contributed by atoms with van der Waals surface area (Å²) in [6.45, 7) is 1.35. The van der Waals surface area contributed by atoms with Crippen LogP contribution in [0.5, 0.6) is 0 Å². The summed E-state index contributed by atoms with van der Waals surface area (Å²) in [5.41, 5.74) is 3.95. The summed E-state index contributed by atoms with van der Waals surface area (Å²) in [5, 5.41) is 3.14. The normalized spacial score (nSPS) is 18.0. The molecule has 1 amide bonds. The van der Waals surface area contributed by atoms with Crippen LogP contribution in [0.1, 0.15) is 34.2 Å². The molecule has 1 atom stereocenters. The fourth-order valence-electron chi connectivity index (χ4n) is 4.69. The lowest BCUT2D eigenvalue weighted by atomic mass is 9.98. The number of hydrogen-bond donors (Lipinski definition) is 1. The molecule has 2 aromatic carbocycles. The minimum atomic E-state index is -4.50. The third-order valence-electron chi connectivity index (χ3n) is 6.29. The second-order valence-corrected chi connectivity index (χ2v) is 8.22. The lowest BCUT2D eigenvalue weighted by molar-refractivity contribution is -0.137. The van der Waals surface area contributed by atoms with Gasteiger partial charge in [0.15, 0.2) is 0 Å². The Morgan fingerprint density at radius 2 is 1.73 bits per heavy atom. The van der Waals surface area contributed by atoms with E-state index in [0.717, 1.165) is 34.5 Å². The molecule has 33 heavy (non-hydrogen) atoms. The Labute approximate surface area is 189 Å². The van der Waals surface area contributed by atoms with Gasteiger partial charge < -0.3 is 10.1 Å². The molecule has 1 saturated heterocycles. The lowest BCUT2D eigenvalue weighted by Crippen LogP contribution is -2.49. The Kier molecular flexibility index (Phi) is 5.54. The van der Waals surface area contributed by atoms with Crippen molar-refractivity contribution in [3.63, 3.8) is 0 Å². The van der Waals surface area contributed by atoms with Gasteiger partial charge in [-0.1, -0.05) is 48.5 Å². The maximum atomic E-state index is 13.2. The lowest BCUT2D eigenvalue weighted by Gasteiger charge is -2.36. The zero-order valence-corrected chi connectivity index (χ0v) is 17.7. The number of hydrogen-bond acceptors (Lipinski definition) is 4. The van der Waals surface area contributed by atoms with Crippen LogP contribution in [0, 0.1) is 0 Å². The molecule has 2 heterocycles. The number of fused-ring (bicyclic) bond motifs is 3. The van der Waals surface area contributed by atoms with Crippen LogP contribution in [0.15, 0.2) is 67.0 Å². The molecule has 2 aliphatic rings. The molecule has 3 aromatic rings. The van der Waals surface area contributed by atoms with Gasteiger partial charge in [-0.25, -0.2) is 4.79 Å². The Hall–Kier alpha value is -3.39. The number of carbonyl (C=O) groups is 1. The number of nitrogens with one attached hydrogen (secondary N) is 1. The topological polar surface area (TPSA) is 54.5 Å². The minimum Gasteiger partial charge on any atom is -0.448 e. The quantitative estimate of drug-likeness (QED) is 0.607. The molecule has 0 radical (unpaired) electrons. The van der Waals surface area contributed by atoms with Crippen LogP contribution in [0.2, 0.25) is 0 Å². The average Bonchev–Trinajstić information content (AvgIpc) is 3.16. The molecule has 170 valence electrons. The number of amides is 1. The number of benzene rings is 2. The maximum absolute atomic E-state index is 13.2. The summed E-state index contributed by atoms with van der Waals surface area (Å²) in [6.07, 6.45) is -2.88. The first kappa shape index (κ1) is 21.5. The van der Waals surface area contributed by atoms with Gasteiger partial charge >= 0.3 is 12.3 Å². The van der Waals surface area contributed by atoms with Crippen molar-refractivity contribution in [1.82, 2.24) is 15.2 Å². The van der Waals surface area contributed by atoms with Crippen molar-refractivity contribution in [3.05, 3.63) is 89.2 Å². The highest BCUT2D eigenvalue weighted by Crippen LogP contribution is 2.44. The van der Waals surface area contributed by atoms with E-state index in [0.29, 0.717) is 25.2 Å². The Bertz CT molecular complexity index is 1140. The van der Waals surface area contributed by atoms with E-state index >= 15 is 0 Å². The van der Waals surface area contributed by atoms with Crippen molar-refractivity contribution >= 4 is 6.09 Å². The van der Waals surface area contributed by atoms with Crippen molar-refractivity contribution < 1.29 is 22.7 Å². The number of ether oxygens (including phenoxy) is 1. The fourth-order valence-corrected chi connectivity index (χ4v) is 4.69. The van der Waals surface area contributed by atoms with Crippen LogP contribution < -0.4 is 5.32 Å². The third-order valence-corrected chi connectivity index (χ3v) is 6.29. The van der Waals surface area contributed by atoms with Crippen molar-refractivity contribution in [2.45, 2.75) is 18.1 Å². The monoisotopic (exact) mass is 453 g/mol. The molecular weight excluding hydrogens is 431 g/mol. The van der Waals surface area contributed by atoms with E-state index in [1.54, 1.807) is 0 Å². The van der Waals surface area contributed by atoms with E-state index in [2.05, 4.69) is 22.4 Å². The van der Waals surface area contributed by atoms with E-state index in [-0.39, 0.29) is 12.5 Å². The van der Waals surface area contributed by atoms with Crippen molar-refractivity contribution in [1.29, 1.82) is 0 Å². The standard InChI is InChI=1S/C25H22F3N3O2/c26-25(27,28)17-11-16(12-30-13-17)23-14-29-9-10-31(23)24(32)33-15-22-20-7-3-1-5-18(20)19-6-2-4-8-21(19)22/h1-8,11-13,22-23,29H,9-10,14-15H2. The molecule has 1 unspecified atom stereocenters. The van der Waals surface area contributed by atoms with Crippen LogP contribution in [0.3, 0.4) is 0 Å². The molecule has 5 rings (SSSR count). The Morgan fingerprint density at radius 1 is 1.06 bits per heavy atom. The summed E-state index contributed by atoms with van der Waals surface area (Å²) < 4.78 is 45.2. The number of carbonyl (C=O) groups excluding carboxylic acids is 1. The third kappa shape index (κ3) is 4.06. The zero-order valence-electron chi connectivity index (χ0n) is 17.7. The van der Waals surface area contributed by atoms with Gasteiger partial charge in [0.1, 0.15) is 6.61 Å². The van der Waals surface area contributed by atoms with Gasteiger partial charge in [0.05, 0.1) is 11.6 Å². The first-order chi connectivity index (χ1) is 15.9. The Balaban J connectivity index is 1.35. The van der Waals surface area contributed by atoms with E-state index in [1.165, 1.54) is 11.1 Å². The van der Waals surface area contributed by atoms with E-state index < -0.39 is 23.9 Å². The molecule has 0 bridgehead atoms. The summed E-state index contributed by atoms with van der Waals surface area (Å²) in [7, 11) is 0. The van der Waals surface area contributed by atoms with Crippen LogP contribution in [0.25, 0.3) is 11.1 Å². The number of nitrogens with zero attached hydrogens (tertiary/aromatic N) is 2. The zero-order chi connectivity index (χ0) is 23.0. The van der Waals surface area contributed by atoms with E-state index in [1.807, 2.05) is 36.4 Å². The minimum absolute atomic E-state index is 0.0852. The van der Waals surface area contributed by atoms with Crippen LogP contribution in [-0.4, -0.2) is 42.2 Å². The summed E-state index contributed by atoms with van der Waals surface area (Å²) in [5.74, 6) is -0.0852. The SMILES string of the molecule is O=C(OCC1c2ccccc2-c2ccccc21)N1CCNCC1c1cncc(C(F)(F)F)c1. The molecule has 8 heteroatoms. The average molecular weight is 453 g/mol. The smallest absolute Gasteiger partial charge is 0.417 e. The van der Waals surface area contributed by atoms with Gasteiger partial charge in [-0.05, 0) is 33.9 Å². The van der Waals surface area contributed by atoms with Crippen LogP contribution in [0.4, 0.5) is 18.0 Å². The number of halogens is 3. The van der Waals surface area contributed by atoms with Crippen molar-refractivity contribution in [2.24, 2.45) is 0 Å². The maximum Gasteiger partial charge on any atom is 0.417 e. The predicted molar refractivity (Wildman–Crippen MR) is 117 cm³/mol. The van der Waals surface area contributed by atoms with Crippen molar-refractivity contribution in [2.75, 3.05) is 26.2 Å². The number of alkyl halides is 3. The van der Waals surface area contributed by atoms with Gasteiger partial charge in [-0.3, -0.25) is 9.88 Å². The summed E-state index contributed by atoms with van der Waals surface area (Å²) >= 11 is 0. The molecule has 1 aliphatic carbocycles. The van der Waals surface area contributed by atoms with Crippen LogP contribution >= 0.6 is 0 Å². The highest BCUT2D eigenvalue weighted by Gasteiger charge is 2.35. The summed E-state index contributed by atoms with van der Waals surface area (Å²) in [6, 6.07) is 16.5. The second-order valence-electron chi connectivity index (χ2n) is 8.22. The predicted octanol–water partition coefficient (Wildman–Crippen LogP) is 5.00. The molecule has 1 fully saturated rings. The first-order valence-electron chi connectivity index (χ1n) is 10.8. The molecule has 1 aromatic heterocycles. The molecule has 1 N–H and O–H groups in total. The first-order valence-corrected chi connectivity index (χ1v) is 10.8. The van der Waals surface area contributed by atoms with Crippen molar-refractivity contribution in [3.8, 4) is 11.1 Å². The molecule has 0 saturated carbocycles. The van der Waals surface area contributed by atoms with Gasteiger partial charge in [-0.2, -0.15) is 13.2 Å². The van der Waals surface area contributed by atoms with E-state index in [4.69, 9.17) is 4.74 Å². The Morgan fingerprint density at radius 3 is 2.39 bits per heavy atom. The van der Waals surface area contributed by atoms with Gasteiger partial charge in [-0.15, -0.1) is 0 Å². The summed E-state index contributed by atoms with van der Waals surface area (Å²) in [4.78, 5) is 18.3. The molecule has 1 aliphatic heterocycles. The second kappa shape index (κ2) is 8.51. The largest absolute Gasteiger partial charge is 0.448 e. The molecule has 0 spiro atoms. The van der Waals surface area contributed by atoms with Crippen LogP contribution in [-0.2, 0) is 10.9 Å². The fraction of sp³-hybridized carbons (Fsp3) is 0.280. The van der Waals surface area contributed by atoms with E-state index in [9.17, 15) is 18.0 Å². The molecule has 5 nitrogen and oxygen atoms in total. The highest BCUT2D eigenvalue weighted by molar-refractivity contribution is 5.79. The number of rotatable bonds is 3. The van der Waals surface area contributed by atoms with Gasteiger partial charge in [0, 0.05) is 37.9 Å². The number of pyridine rings is 1. The van der Waals surface area contributed by atoms with Gasteiger partial charge in [0.2, 0.25) is 0 Å². The molecular formula is C25H22F3N3O2.